The molecule has 0 unspecified atom stereocenters. The number of H-pyrrole nitrogens is 1. The van der Waals surface area contributed by atoms with Crippen LogP contribution in [0.5, 0.6) is 5.75 Å². The van der Waals surface area contributed by atoms with Crippen molar-refractivity contribution in [1.82, 2.24) is 20.5 Å². The van der Waals surface area contributed by atoms with E-state index in [0.717, 1.165) is 65.6 Å². The molecule has 0 bridgehead atoms. The normalized spacial score (nSPS) is 14.4. The topological polar surface area (TPSA) is 97.5 Å². The van der Waals surface area contributed by atoms with Gasteiger partial charge in [0.1, 0.15) is 11.3 Å². The first kappa shape index (κ1) is 27.6. The van der Waals surface area contributed by atoms with Crippen molar-refractivity contribution in [3.63, 3.8) is 0 Å². The molecule has 0 aliphatic heterocycles. The predicted octanol–water partition coefficient (Wildman–Crippen LogP) is 4.46. The van der Waals surface area contributed by atoms with Gasteiger partial charge >= 0.3 is 4.87 Å². The Hall–Kier alpha value is -2.39. The van der Waals surface area contributed by atoms with E-state index in [9.17, 15) is 14.7 Å². The molecule has 9 heteroatoms. The van der Waals surface area contributed by atoms with E-state index in [-0.39, 0.29) is 16.5 Å². The number of rotatable bonds is 13. The number of phenolic OH excluding ortho intramolecular Hbond substituents is 1. The molecule has 1 aliphatic carbocycles. The fraction of sp³-hybridized carbons (Fsp3) is 0.500. The minimum absolute atomic E-state index is 0.101. The van der Waals surface area contributed by atoms with Gasteiger partial charge in [-0.3, -0.25) is 14.5 Å². The number of nitrogens with one attached hydrogen (secondary N) is 3. The second kappa shape index (κ2) is 14.0. The van der Waals surface area contributed by atoms with Crippen LogP contribution in [0.2, 0.25) is 5.02 Å². The molecule has 1 aliphatic rings. The lowest BCUT2D eigenvalue weighted by atomic mass is 9.94. The Morgan fingerprint density at radius 1 is 1.03 bits per heavy atom. The van der Waals surface area contributed by atoms with E-state index in [1.807, 2.05) is 30.3 Å². The highest BCUT2D eigenvalue weighted by Crippen LogP contribution is 2.28. The van der Waals surface area contributed by atoms with Crippen molar-refractivity contribution in [2.45, 2.75) is 57.4 Å². The molecule has 0 atom stereocenters. The standard InChI is InChI=1S/C28H37ClN4O3S/c29-22-9-6-20(7-10-22)12-16-31-25(35)14-18-33(23-4-2-1-3-5-23)19-17-30-15-13-21-8-11-24(34)26-27(21)37-28(36)32-26/h6-11,23,30,34H,1-5,12-19H2,(H,31,35)(H,32,36). The van der Waals surface area contributed by atoms with E-state index < -0.39 is 0 Å². The number of aromatic nitrogens is 1. The van der Waals surface area contributed by atoms with Crippen LogP contribution in [0.15, 0.2) is 41.2 Å². The zero-order chi connectivity index (χ0) is 26.0. The van der Waals surface area contributed by atoms with Crippen LogP contribution in [0.4, 0.5) is 0 Å². The molecule has 0 spiro atoms. The summed E-state index contributed by atoms with van der Waals surface area (Å²) in [6.07, 6.45) is 8.33. The average molecular weight is 545 g/mol. The summed E-state index contributed by atoms with van der Waals surface area (Å²) < 4.78 is 0.831. The first-order valence-corrected chi connectivity index (χ1v) is 14.5. The fourth-order valence-corrected chi connectivity index (χ4v) is 6.12. The molecule has 200 valence electrons. The number of carbonyl (C=O) groups excluding carboxylic acids is 1. The van der Waals surface area contributed by atoms with Crippen LogP contribution in [-0.2, 0) is 17.6 Å². The van der Waals surface area contributed by atoms with Crippen LogP contribution in [0, 0.1) is 0 Å². The monoisotopic (exact) mass is 544 g/mol. The summed E-state index contributed by atoms with van der Waals surface area (Å²) in [5.74, 6) is 0.215. The van der Waals surface area contributed by atoms with Gasteiger partial charge in [-0.15, -0.1) is 0 Å². The van der Waals surface area contributed by atoms with E-state index in [1.165, 1.54) is 37.7 Å². The highest BCUT2D eigenvalue weighted by molar-refractivity contribution is 7.16. The molecular formula is C28H37ClN4O3S. The molecule has 37 heavy (non-hydrogen) atoms. The van der Waals surface area contributed by atoms with E-state index in [4.69, 9.17) is 11.6 Å². The first-order valence-electron chi connectivity index (χ1n) is 13.3. The first-order chi connectivity index (χ1) is 18.0. The van der Waals surface area contributed by atoms with Crippen molar-refractivity contribution in [1.29, 1.82) is 0 Å². The van der Waals surface area contributed by atoms with Gasteiger partial charge in [-0.05, 0) is 61.6 Å². The number of aromatic amines is 1. The molecule has 1 aromatic heterocycles. The lowest BCUT2D eigenvalue weighted by molar-refractivity contribution is -0.121. The van der Waals surface area contributed by atoms with Crippen molar-refractivity contribution in [3.8, 4) is 5.75 Å². The fourth-order valence-electron chi connectivity index (χ4n) is 5.09. The largest absolute Gasteiger partial charge is 0.506 e. The van der Waals surface area contributed by atoms with Crippen LogP contribution in [0.1, 0.15) is 49.7 Å². The number of fused-ring (bicyclic) bond motifs is 1. The second-order valence-corrected chi connectivity index (χ2v) is 11.2. The maximum Gasteiger partial charge on any atom is 0.305 e. The van der Waals surface area contributed by atoms with Crippen LogP contribution >= 0.6 is 22.9 Å². The van der Waals surface area contributed by atoms with Crippen LogP contribution in [0.25, 0.3) is 10.2 Å². The van der Waals surface area contributed by atoms with Gasteiger partial charge in [0.05, 0.1) is 4.70 Å². The van der Waals surface area contributed by atoms with Gasteiger partial charge in [-0.2, -0.15) is 0 Å². The molecular weight excluding hydrogens is 508 g/mol. The Kier molecular flexibility index (Phi) is 10.4. The number of thiazole rings is 1. The molecule has 7 nitrogen and oxygen atoms in total. The number of aromatic hydroxyl groups is 1. The summed E-state index contributed by atoms with van der Waals surface area (Å²) in [7, 11) is 0. The summed E-state index contributed by atoms with van der Waals surface area (Å²) in [6, 6.07) is 11.8. The minimum atomic E-state index is -0.150. The third kappa shape index (κ3) is 8.30. The Labute approximate surface area is 227 Å². The molecule has 1 amide bonds. The summed E-state index contributed by atoms with van der Waals surface area (Å²) in [5.41, 5.74) is 2.75. The molecule has 1 saturated carbocycles. The van der Waals surface area contributed by atoms with Gasteiger partial charge in [0, 0.05) is 43.7 Å². The minimum Gasteiger partial charge on any atom is -0.506 e. The maximum absolute atomic E-state index is 12.5. The highest BCUT2D eigenvalue weighted by Gasteiger charge is 2.21. The number of halogens is 1. The zero-order valence-corrected chi connectivity index (χ0v) is 22.8. The summed E-state index contributed by atoms with van der Waals surface area (Å²) in [4.78, 5) is 29.3. The number of carbonyl (C=O) groups is 1. The smallest absolute Gasteiger partial charge is 0.305 e. The van der Waals surface area contributed by atoms with Crippen molar-refractivity contribution < 1.29 is 9.90 Å². The Morgan fingerprint density at radius 2 is 1.81 bits per heavy atom. The SMILES string of the molecule is O=C(CCN(CCNCCc1ccc(O)c2[nH]c(=O)sc12)C1CCCCC1)NCCc1ccc(Cl)cc1. The third-order valence-corrected chi connectivity index (χ3v) is 8.36. The van der Waals surface area contributed by atoms with Crippen molar-refractivity contribution in [3.05, 3.63) is 62.2 Å². The van der Waals surface area contributed by atoms with Crippen molar-refractivity contribution in [2.75, 3.05) is 32.7 Å². The summed E-state index contributed by atoms with van der Waals surface area (Å²) >= 11 is 7.09. The predicted molar refractivity (Wildman–Crippen MR) is 152 cm³/mol. The van der Waals surface area contributed by atoms with Gasteiger partial charge in [0.2, 0.25) is 5.91 Å². The maximum atomic E-state index is 12.5. The quantitative estimate of drug-likeness (QED) is 0.238. The molecule has 0 saturated heterocycles. The number of phenols is 1. The average Bonchev–Trinajstić information content (AvgIpc) is 3.31. The van der Waals surface area contributed by atoms with Gasteiger partial charge in [0.25, 0.3) is 0 Å². The third-order valence-electron chi connectivity index (χ3n) is 7.15. The number of benzene rings is 2. The molecule has 0 radical (unpaired) electrons. The zero-order valence-electron chi connectivity index (χ0n) is 21.2. The van der Waals surface area contributed by atoms with Gasteiger partial charge in [0.15, 0.2) is 0 Å². The number of hydrogen-bond acceptors (Lipinski definition) is 6. The molecule has 1 fully saturated rings. The Balaban J connectivity index is 1.20. The van der Waals surface area contributed by atoms with E-state index in [0.29, 0.717) is 24.5 Å². The Morgan fingerprint density at radius 3 is 2.59 bits per heavy atom. The number of amides is 1. The van der Waals surface area contributed by atoms with Gasteiger partial charge in [-0.1, -0.05) is 60.4 Å². The van der Waals surface area contributed by atoms with Gasteiger partial charge < -0.3 is 20.7 Å². The number of nitrogens with zero attached hydrogens (tertiary/aromatic N) is 1. The summed E-state index contributed by atoms with van der Waals surface area (Å²) in [6.45, 7) is 3.95. The van der Waals surface area contributed by atoms with Crippen LogP contribution < -0.4 is 15.5 Å². The molecule has 3 aromatic rings. The Bertz CT molecular complexity index is 1200. The van der Waals surface area contributed by atoms with Crippen LogP contribution in [-0.4, -0.2) is 59.7 Å². The lowest BCUT2D eigenvalue weighted by Crippen LogP contribution is -2.43. The van der Waals surface area contributed by atoms with E-state index in [2.05, 4.69) is 20.5 Å². The van der Waals surface area contributed by atoms with Crippen molar-refractivity contribution >= 4 is 39.1 Å². The van der Waals surface area contributed by atoms with Crippen molar-refractivity contribution in [2.24, 2.45) is 0 Å². The lowest BCUT2D eigenvalue weighted by Gasteiger charge is -2.34. The molecule has 4 rings (SSSR count). The summed E-state index contributed by atoms with van der Waals surface area (Å²) in [5, 5.41) is 17.3. The molecule has 2 aromatic carbocycles. The highest BCUT2D eigenvalue weighted by atomic mass is 35.5. The molecule has 4 N–H and O–H groups in total. The second-order valence-electron chi connectivity index (χ2n) is 9.77. The molecule has 1 heterocycles. The van der Waals surface area contributed by atoms with E-state index >= 15 is 0 Å². The van der Waals surface area contributed by atoms with Crippen LogP contribution in [0.3, 0.4) is 0 Å². The van der Waals surface area contributed by atoms with E-state index in [1.54, 1.807) is 6.07 Å². The number of hydrogen-bond donors (Lipinski definition) is 4. The van der Waals surface area contributed by atoms with Gasteiger partial charge in [-0.25, -0.2) is 0 Å².